The van der Waals surface area contributed by atoms with Crippen LogP contribution >= 0.6 is 0 Å². The van der Waals surface area contributed by atoms with E-state index in [1.54, 1.807) is 0 Å². The van der Waals surface area contributed by atoms with Gasteiger partial charge < -0.3 is 16.4 Å². The number of benzene rings is 1. The van der Waals surface area contributed by atoms with Crippen molar-refractivity contribution in [1.29, 1.82) is 0 Å². The van der Waals surface area contributed by atoms with Gasteiger partial charge in [-0.3, -0.25) is 4.90 Å². The molecule has 0 bridgehead atoms. The minimum absolute atomic E-state index is 0.268. The van der Waals surface area contributed by atoms with E-state index in [0.29, 0.717) is 5.95 Å². The van der Waals surface area contributed by atoms with Gasteiger partial charge in [0.2, 0.25) is 11.9 Å². The van der Waals surface area contributed by atoms with Crippen LogP contribution in [-0.2, 0) is 6.54 Å². The molecule has 0 amide bonds. The summed E-state index contributed by atoms with van der Waals surface area (Å²) in [6.07, 6.45) is 5.23. The number of rotatable bonds is 5. The SMILES string of the molecule is Cc1cccc(Nc2nc(N)nc(CN3CCC(C4CCNCC4)CC3)n2)c1. The number of aromatic nitrogens is 3. The molecular formula is C21H31N7. The van der Waals surface area contributed by atoms with Gasteiger partial charge in [0.05, 0.1) is 6.54 Å². The van der Waals surface area contributed by atoms with Crippen LogP contribution in [-0.4, -0.2) is 46.0 Å². The van der Waals surface area contributed by atoms with E-state index in [9.17, 15) is 0 Å². The molecule has 7 heteroatoms. The van der Waals surface area contributed by atoms with Gasteiger partial charge in [-0.25, -0.2) is 0 Å². The van der Waals surface area contributed by atoms with Crippen LogP contribution in [0.4, 0.5) is 17.6 Å². The fourth-order valence-corrected chi connectivity index (χ4v) is 4.51. The molecule has 4 N–H and O–H groups in total. The summed E-state index contributed by atoms with van der Waals surface area (Å²) in [6.45, 7) is 7.39. The summed E-state index contributed by atoms with van der Waals surface area (Å²) in [4.78, 5) is 15.7. The summed E-state index contributed by atoms with van der Waals surface area (Å²) in [5, 5.41) is 6.72. The number of nitrogen functional groups attached to an aromatic ring is 1. The standard InChI is InChI=1S/C21H31N7/c1-15-3-2-4-18(13-15)24-21-26-19(25-20(22)27-21)14-28-11-7-17(8-12-28)16-5-9-23-10-6-16/h2-4,13,16-17,23H,5-12,14H2,1H3,(H3,22,24,25,26,27). The molecule has 0 aliphatic carbocycles. The lowest BCUT2D eigenvalue weighted by Crippen LogP contribution is -2.39. The predicted molar refractivity (Wildman–Crippen MR) is 112 cm³/mol. The highest BCUT2D eigenvalue weighted by atomic mass is 15.2. The van der Waals surface area contributed by atoms with Crippen molar-refractivity contribution >= 4 is 17.6 Å². The van der Waals surface area contributed by atoms with Crippen LogP contribution < -0.4 is 16.4 Å². The Morgan fingerprint density at radius 2 is 1.82 bits per heavy atom. The number of nitrogens with two attached hydrogens (primary N) is 1. The van der Waals surface area contributed by atoms with Gasteiger partial charge in [-0.05, 0) is 88.3 Å². The Balaban J connectivity index is 1.35. The molecule has 2 aliphatic rings. The molecule has 1 aromatic heterocycles. The van der Waals surface area contributed by atoms with Crippen molar-refractivity contribution < 1.29 is 0 Å². The Kier molecular flexibility index (Phi) is 6.02. The van der Waals surface area contributed by atoms with Crippen molar-refractivity contribution in [2.24, 2.45) is 11.8 Å². The van der Waals surface area contributed by atoms with E-state index in [2.05, 4.69) is 49.5 Å². The minimum atomic E-state index is 0.268. The maximum Gasteiger partial charge on any atom is 0.232 e. The summed E-state index contributed by atoms with van der Waals surface area (Å²) in [7, 11) is 0. The molecule has 28 heavy (non-hydrogen) atoms. The fourth-order valence-electron chi connectivity index (χ4n) is 4.51. The summed E-state index contributed by atoms with van der Waals surface area (Å²) in [6, 6.07) is 8.13. The quantitative estimate of drug-likeness (QED) is 0.733. The zero-order valence-electron chi connectivity index (χ0n) is 16.7. The Morgan fingerprint density at radius 1 is 1.07 bits per heavy atom. The Bertz CT molecular complexity index is 780. The minimum Gasteiger partial charge on any atom is -0.368 e. The number of nitrogens with one attached hydrogen (secondary N) is 2. The molecule has 2 aliphatic heterocycles. The molecule has 150 valence electrons. The third kappa shape index (κ3) is 4.97. The topological polar surface area (TPSA) is 92.0 Å². The maximum absolute atomic E-state index is 5.94. The lowest BCUT2D eigenvalue weighted by atomic mass is 9.79. The zero-order chi connectivity index (χ0) is 19.3. The second-order valence-electron chi connectivity index (χ2n) is 8.13. The number of hydrogen-bond donors (Lipinski definition) is 3. The van der Waals surface area contributed by atoms with E-state index in [0.717, 1.165) is 43.0 Å². The number of anilines is 3. The maximum atomic E-state index is 5.94. The lowest BCUT2D eigenvalue weighted by Gasteiger charge is -2.37. The highest BCUT2D eigenvalue weighted by molar-refractivity contribution is 5.54. The van der Waals surface area contributed by atoms with Crippen LogP contribution in [0.15, 0.2) is 24.3 Å². The van der Waals surface area contributed by atoms with Gasteiger partial charge >= 0.3 is 0 Å². The molecule has 0 spiro atoms. The summed E-state index contributed by atoms with van der Waals surface area (Å²) in [5.74, 6) is 3.30. The average molecular weight is 382 g/mol. The van der Waals surface area contributed by atoms with Crippen LogP contribution in [0.5, 0.6) is 0 Å². The van der Waals surface area contributed by atoms with E-state index in [1.807, 2.05) is 12.1 Å². The number of hydrogen-bond acceptors (Lipinski definition) is 7. The molecule has 2 saturated heterocycles. The van der Waals surface area contributed by atoms with E-state index >= 15 is 0 Å². The predicted octanol–water partition coefficient (Wildman–Crippen LogP) is 2.72. The van der Waals surface area contributed by atoms with E-state index in [1.165, 1.54) is 44.3 Å². The van der Waals surface area contributed by atoms with E-state index in [-0.39, 0.29) is 5.95 Å². The molecule has 0 radical (unpaired) electrons. The molecule has 7 nitrogen and oxygen atoms in total. The molecule has 2 fully saturated rings. The Morgan fingerprint density at radius 3 is 2.57 bits per heavy atom. The Hall–Kier alpha value is -2.25. The van der Waals surface area contributed by atoms with Crippen LogP contribution in [0.3, 0.4) is 0 Å². The third-order valence-electron chi connectivity index (χ3n) is 6.02. The van der Waals surface area contributed by atoms with Gasteiger partial charge in [0.15, 0.2) is 0 Å². The van der Waals surface area contributed by atoms with Gasteiger partial charge in [0.25, 0.3) is 0 Å². The normalized spacial score (nSPS) is 19.6. The van der Waals surface area contributed by atoms with Crippen LogP contribution in [0.1, 0.15) is 37.1 Å². The van der Waals surface area contributed by atoms with Gasteiger partial charge in [-0.2, -0.15) is 15.0 Å². The number of nitrogens with zero attached hydrogens (tertiary/aromatic N) is 4. The number of likely N-dealkylation sites (tertiary alicyclic amines) is 1. The van der Waals surface area contributed by atoms with Gasteiger partial charge in [0.1, 0.15) is 5.82 Å². The molecular weight excluding hydrogens is 350 g/mol. The second-order valence-corrected chi connectivity index (χ2v) is 8.13. The molecule has 0 atom stereocenters. The zero-order valence-corrected chi connectivity index (χ0v) is 16.7. The first-order valence-electron chi connectivity index (χ1n) is 10.4. The smallest absolute Gasteiger partial charge is 0.232 e. The largest absolute Gasteiger partial charge is 0.368 e. The highest BCUT2D eigenvalue weighted by Crippen LogP contribution is 2.31. The van der Waals surface area contributed by atoms with Crippen LogP contribution in [0, 0.1) is 18.8 Å². The molecule has 4 rings (SSSR count). The van der Waals surface area contributed by atoms with Crippen LogP contribution in [0.2, 0.25) is 0 Å². The molecule has 0 unspecified atom stereocenters. The van der Waals surface area contributed by atoms with E-state index in [4.69, 9.17) is 5.73 Å². The third-order valence-corrected chi connectivity index (χ3v) is 6.02. The lowest BCUT2D eigenvalue weighted by molar-refractivity contribution is 0.124. The number of piperidine rings is 2. The number of aryl methyl sites for hydroxylation is 1. The van der Waals surface area contributed by atoms with Crippen molar-refractivity contribution in [3.05, 3.63) is 35.7 Å². The molecule has 3 heterocycles. The second kappa shape index (κ2) is 8.84. The molecule has 0 saturated carbocycles. The van der Waals surface area contributed by atoms with Gasteiger partial charge in [-0.15, -0.1) is 0 Å². The average Bonchev–Trinajstić information content (AvgIpc) is 2.69. The Labute approximate surface area is 167 Å². The summed E-state index contributed by atoms with van der Waals surface area (Å²) < 4.78 is 0. The highest BCUT2D eigenvalue weighted by Gasteiger charge is 2.27. The first-order chi connectivity index (χ1) is 13.7. The first-order valence-corrected chi connectivity index (χ1v) is 10.4. The van der Waals surface area contributed by atoms with Crippen LogP contribution in [0.25, 0.3) is 0 Å². The van der Waals surface area contributed by atoms with Gasteiger partial charge in [-0.1, -0.05) is 12.1 Å². The molecule has 2 aromatic rings. The summed E-state index contributed by atoms with van der Waals surface area (Å²) >= 11 is 0. The monoisotopic (exact) mass is 381 g/mol. The van der Waals surface area contributed by atoms with E-state index < -0.39 is 0 Å². The van der Waals surface area contributed by atoms with Crippen molar-refractivity contribution in [3.8, 4) is 0 Å². The molecule has 1 aromatic carbocycles. The first kappa shape index (κ1) is 19.1. The van der Waals surface area contributed by atoms with Crippen molar-refractivity contribution in [2.45, 2.75) is 39.2 Å². The summed E-state index contributed by atoms with van der Waals surface area (Å²) in [5.41, 5.74) is 8.08. The fraction of sp³-hybridized carbons (Fsp3) is 0.571. The van der Waals surface area contributed by atoms with Gasteiger partial charge in [0, 0.05) is 5.69 Å². The van der Waals surface area contributed by atoms with Crippen molar-refractivity contribution in [1.82, 2.24) is 25.2 Å². The van der Waals surface area contributed by atoms with Crippen molar-refractivity contribution in [2.75, 3.05) is 37.2 Å². The van der Waals surface area contributed by atoms with Crippen molar-refractivity contribution in [3.63, 3.8) is 0 Å².